The first-order chi connectivity index (χ1) is 6.09. The summed E-state index contributed by atoms with van der Waals surface area (Å²) in [7, 11) is 0. The lowest BCUT2D eigenvalue weighted by Crippen LogP contribution is -2.55. The molecule has 0 aromatic carbocycles. The van der Waals surface area contributed by atoms with Gasteiger partial charge in [0.25, 0.3) is 0 Å². The van der Waals surface area contributed by atoms with Crippen molar-refractivity contribution in [1.29, 1.82) is 0 Å². The minimum absolute atomic E-state index is 0.109. The molecule has 1 N–H and O–H groups in total. The van der Waals surface area contributed by atoms with Crippen LogP contribution in [0.25, 0.3) is 0 Å². The molecule has 0 bridgehead atoms. The molecule has 0 atom stereocenters. The molecular formula is C9H15FN2O. The highest BCUT2D eigenvalue weighted by Gasteiger charge is 2.38. The lowest BCUT2D eigenvalue weighted by molar-refractivity contribution is 0.0892. The molecule has 3 nitrogen and oxygen atoms in total. The minimum Gasteiger partial charge on any atom is -0.337 e. The molecule has 1 saturated heterocycles. The van der Waals surface area contributed by atoms with Gasteiger partial charge in [-0.1, -0.05) is 6.92 Å². The molecule has 2 aliphatic rings. The summed E-state index contributed by atoms with van der Waals surface area (Å²) in [5.41, 5.74) is 0.329. The molecule has 2 amide bonds. The van der Waals surface area contributed by atoms with E-state index in [1.54, 1.807) is 0 Å². The second-order valence-corrected chi connectivity index (χ2v) is 4.47. The second-order valence-electron chi connectivity index (χ2n) is 4.47. The van der Waals surface area contributed by atoms with Crippen molar-refractivity contribution < 1.29 is 9.18 Å². The highest BCUT2D eigenvalue weighted by molar-refractivity contribution is 5.75. The first kappa shape index (κ1) is 8.78. The van der Waals surface area contributed by atoms with Crippen molar-refractivity contribution in [1.82, 2.24) is 10.2 Å². The first-order valence-corrected chi connectivity index (χ1v) is 4.76. The lowest BCUT2D eigenvalue weighted by Gasteiger charge is -2.34. The Morgan fingerprint density at radius 3 is 2.69 bits per heavy atom. The average Bonchev–Trinajstić information content (AvgIpc) is 2.75. The van der Waals surface area contributed by atoms with Crippen molar-refractivity contribution in [3.8, 4) is 0 Å². The molecule has 0 aromatic rings. The largest absolute Gasteiger partial charge is 0.337 e. The van der Waals surface area contributed by atoms with Crippen LogP contribution in [-0.4, -0.2) is 36.7 Å². The number of amides is 2. The number of nitrogens with one attached hydrogen (secondary N) is 1. The normalized spacial score (nSPS) is 25.2. The van der Waals surface area contributed by atoms with Crippen LogP contribution in [0.2, 0.25) is 0 Å². The van der Waals surface area contributed by atoms with E-state index < -0.39 is 6.17 Å². The van der Waals surface area contributed by atoms with E-state index in [4.69, 9.17) is 0 Å². The van der Waals surface area contributed by atoms with Gasteiger partial charge in [-0.15, -0.1) is 0 Å². The van der Waals surface area contributed by atoms with E-state index >= 15 is 0 Å². The van der Waals surface area contributed by atoms with Crippen LogP contribution in [-0.2, 0) is 0 Å². The molecule has 1 aliphatic carbocycles. The maximum Gasteiger partial charge on any atom is 0.317 e. The maximum atomic E-state index is 12.4. The van der Waals surface area contributed by atoms with Gasteiger partial charge < -0.3 is 10.2 Å². The predicted octanol–water partition coefficient (Wildman–Crippen LogP) is 1.15. The van der Waals surface area contributed by atoms with Gasteiger partial charge >= 0.3 is 6.03 Å². The molecule has 1 aliphatic heterocycles. The second kappa shape index (κ2) is 2.86. The van der Waals surface area contributed by atoms with Crippen molar-refractivity contribution in [2.75, 3.05) is 19.6 Å². The SMILES string of the molecule is CC1(CNC(=O)N2CC(F)C2)CC1. The van der Waals surface area contributed by atoms with Crippen LogP contribution < -0.4 is 5.32 Å². The van der Waals surface area contributed by atoms with E-state index in [1.165, 1.54) is 17.7 Å². The predicted molar refractivity (Wildman–Crippen MR) is 47.2 cm³/mol. The third-order valence-electron chi connectivity index (χ3n) is 2.89. The van der Waals surface area contributed by atoms with Gasteiger partial charge in [0.05, 0.1) is 13.1 Å². The Kier molecular flexibility index (Phi) is 1.93. The van der Waals surface area contributed by atoms with Gasteiger partial charge in [0.2, 0.25) is 0 Å². The Morgan fingerprint density at radius 1 is 1.62 bits per heavy atom. The van der Waals surface area contributed by atoms with Gasteiger partial charge in [-0.2, -0.15) is 0 Å². The third kappa shape index (κ3) is 1.92. The monoisotopic (exact) mass is 186 g/mol. The van der Waals surface area contributed by atoms with Crippen molar-refractivity contribution >= 4 is 6.03 Å². The number of halogens is 1. The number of urea groups is 1. The quantitative estimate of drug-likeness (QED) is 0.689. The molecule has 1 saturated carbocycles. The van der Waals surface area contributed by atoms with E-state index in [9.17, 15) is 9.18 Å². The third-order valence-corrected chi connectivity index (χ3v) is 2.89. The Bertz CT molecular complexity index is 222. The summed E-state index contributed by atoms with van der Waals surface area (Å²) in [6.07, 6.45) is 1.58. The number of rotatable bonds is 2. The van der Waals surface area contributed by atoms with Gasteiger partial charge in [-0.3, -0.25) is 0 Å². The number of nitrogens with zero attached hydrogens (tertiary/aromatic N) is 1. The molecule has 1 heterocycles. The van der Waals surface area contributed by atoms with Gasteiger partial charge in [0.1, 0.15) is 6.17 Å². The zero-order valence-electron chi connectivity index (χ0n) is 7.85. The van der Waals surface area contributed by atoms with Gasteiger partial charge in [-0.25, -0.2) is 9.18 Å². The molecule has 0 spiro atoms. The number of alkyl halides is 1. The van der Waals surface area contributed by atoms with Crippen LogP contribution in [0.3, 0.4) is 0 Å². The van der Waals surface area contributed by atoms with Crippen LogP contribution in [0.1, 0.15) is 19.8 Å². The lowest BCUT2D eigenvalue weighted by atomic mass is 10.1. The number of hydrogen-bond donors (Lipinski definition) is 1. The summed E-state index contributed by atoms with van der Waals surface area (Å²) < 4.78 is 12.4. The summed E-state index contributed by atoms with van der Waals surface area (Å²) in [4.78, 5) is 12.8. The standard InChI is InChI=1S/C9H15FN2O/c1-9(2-3-9)6-11-8(13)12-4-7(10)5-12/h7H,2-6H2,1H3,(H,11,13). The first-order valence-electron chi connectivity index (χ1n) is 4.76. The topological polar surface area (TPSA) is 32.3 Å². The van der Waals surface area contributed by atoms with Crippen molar-refractivity contribution in [2.45, 2.75) is 25.9 Å². The Hall–Kier alpha value is -0.800. The molecule has 0 aromatic heterocycles. The fourth-order valence-corrected chi connectivity index (χ4v) is 1.38. The molecule has 0 radical (unpaired) electrons. The molecule has 2 rings (SSSR count). The van der Waals surface area contributed by atoms with Crippen LogP contribution in [0.5, 0.6) is 0 Å². The summed E-state index contributed by atoms with van der Waals surface area (Å²) in [6, 6.07) is -0.109. The van der Waals surface area contributed by atoms with Crippen LogP contribution >= 0.6 is 0 Å². The number of likely N-dealkylation sites (tertiary alicyclic amines) is 1. The minimum atomic E-state index is -0.803. The molecular weight excluding hydrogens is 171 g/mol. The number of carbonyl (C=O) groups is 1. The van der Waals surface area contributed by atoms with E-state index in [0.29, 0.717) is 5.41 Å². The fourth-order valence-electron chi connectivity index (χ4n) is 1.38. The summed E-state index contributed by atoms with van der Waals surface area (Å²) >= 11 is 0. The van der Waals surface area contributed by atoms with Gasteiger partial charge in [0, 0.05) is 6.54 Å². The zero-order chi connectivity index (χ0) is 9.47. The molecule has 74 valence electrons. The van der Waals surface area contributed by atoms with Crippen LogP contribution in [0.4, 0.5) is 9.18 Å². The average molecular weight is 186 g/mol. The Morgan fingerprint density at radius 2 is 2.23 bits per heavy atom. The number of carbonyl (C=O) groups excluding carboxylic acids is 1. The summed E-state index contributed by atoms with van der Waals surface area (Å²) in [5, 5.41) is 2.83. The van der Waals surface area contributed by atoms with Gasteiger partial charge in [-0.05, 0) is 18.3 Å². The van der Waals surface area contributed by atoms with E-state index in [-0.39, 0.29) is 19.1 Å². The van der Waals surface area contributed by atoms with Crippen molar-refractivity contribution in [2.24, 2.45) is 5.41 Å². The van der Waals surface area contributed by atoms with Crippen molar-refractivity contribution in [3.63, 3.8) is 0 Å². The Balaban J connectivity index is 1.67. The van der Waals surface area contributed by atoms with E-state index in [1.807, 2.05) is 0 Å². The summed E-state index contributed by atoms with van der Waals surface area (Å²) in [5.74, 6) is 0. The maximum absolute atomic E-state index is 12.4. The highest BCUT2D eigenvalue weighted by Crippen LogP contribution is 2.44. The molecule has 2 fully saturated rings. The van der Waals surface area contributed by atoms with E-state index in [0.717, 1.165) is 6.54 Å². The van der Waals surface area contributed by atoms with Crippen LogP contribution in [0, 0.1) is 5.41 Å². The van der Waals surface area contributed by atoms with E-state index in [2.05, 4.69) is 12.2 Å². The van der Waals surface area contributed by atoms with Crippen molar-refractivity contribution in [3.05, 3.63) is 0 Å². The van der Waals surface area contributed by atoms with Crippen LogP contribution in [0.15, 0.2) is 0 Å². The zero-order valence-corrected chi connectivity index (χ0v) is 7.85. The number of hydrogen-bond acceptors (Lipinski definition) is 1. The van der Waals surface area contributed by atoms with Gasteiger partial charge in [0.15, 0.2) is 0 Å². The highest BCUT2D eigenvalue weighted by atomic mass is 19.1. The molecule has 4 heteroatoms. The Labute approximate surface area is 77.3 Å². The smallest absolute Gasteiger partial charge is 0.317 e. The molecule has 13 heavy (non-hydrogen) atoms. The molecule has 0 unspecified atom stereocenters. The summed E-state index contributed by atoms with van der Waals surface area (Å²) in [6.45, 7) is 3.42. The fraction of sp³-hybridized carbons (Fsp3) is 0.889.